The number of anilines is 2. The van der Waals surface area contributed by atoms with Crippen LogP contribution in [0.4, 0.5) is 11.8 Å². The normalized spacial score (nSPS) is 19.6. The number of rotatable bonds is 7. The summed E-state index contributed by atoms with van der Waals surface area (Å²) in [4.78, 5) is 24.9. The molecule has 0 radical (unpaired) electrons. The molecule has 0 aliphatic carbocycles. The molecule has 152 valence electrons. The monoisotopic (exact) mass is 392 g/mol. The molecule has 2 aromatic rings. The maximum Gasteiger partial charge on any atom is 0.227 e. The second-order valence-electron chi connectivity index (χ2n) is 7.94. The van der Waals surface area contributed by atoms with Gasteiger partial charge in [-0.15, -0.1) is 0 Å². The van der Waals surface area contributed by atoms with Gasteiger partial charge in [-0.3, -0.25) is 0 Å². The van der Waals surface area contributed by atoms with Gasteiger partial charge in [0.25, 0.3) is 0 Å². The Bertz CT molecular complexity index is 873. The van der Waals surface area contributed by atoms with Crippen molar-refractivity contribution in [2.45, 2.75) is 38.7 Å². The predicted octanol–water partition coefficient (Wildman–Crippen LogP) is 3.59. The first-order valence-electron chi connectivity index (χ1n) is 10.3. The molecule has 4 rings (SSSR count). The zero-order valence-electron chi connectivity index (χ0n) is 17.1. The summed E-state index contributed by atoms with van der Waals surface area (Å²) in [6.45, 7) is 7.21. The predicted molar refractivity (Wildman–Crippen MR) is 115 cm³/mol. The fourth-order valence-corrected chi connectivity index (χ4v) is 3.96. The first kappa shape index (κ1) is 19.4. The Labute approximate surface area is 172 Å². The molecule has 1 aromatic carbocycles. The van der Waals surface area contributed by atoms with Crippen LogP contribution in [0.25, 0.3) is 0 Å². The third kappa shape index (κ3) is 4.75. The summed E-state index contributed by atoms with van der Waals surface area (Å²) < 4.78 is 6.20. The van der Waals surface area contributed by atoms with Crippen molar-refractivity contribution in [2.75, 3.05) is 36.0 Å². The molecule has 2 aliphatic heterocycles. The summed E-state index contributed by atoms with van der Waals surface area (Å²) in [6.07, 6.45) is 7.80. The first-order valence-corrected chi connectivity index (χ1v) is 10.3. The highest BCUT2D eigenvalue weighted by atomic mass is 16.5. The van der Waals surface area contributed by atoms with Gasteiger partial charge in [0, 0.05) is 38.7 Å². The van der Waals surface area contributed by atoms with E-state index in [-0.39, 0.29) is 17.8 Å². The van der Waals surface area contributed by atoms with Crippen LogP contribution in [-0.2, 0) is 4.79 Å². The summed E-state index contributed by atoms with van der Waals surface area (Å²) in [5, 5.41) is 0. The summed E-state index contributed by atoms with van der Waals surface area (Å²) in [6, 6.07) is 10.1. The second kappa shape index (κ2) is 8.64. The number of nitrogens with zero attached hydrogens (tertiary/aromatic N) is 4. The fraction of sp³-hybridized carbons (Fsp3) is 0.435. The van der Waals surface area contributed by atoms with Gasteiger partial charge in [-0.25, -0.2) is 4.98 Å². The maximum absolute atomic E-state index is 11.3. The van der Waals surface area contributed by atoms with Crippen molar-refractivity contribution in [2.24, 2.45) is 0 Å². The van der Waals surface area contributed by atoms with Crippen LogP contribution < -0.4 is 14.5 Å². The minimum absolute atomic E-state index is 0.141. The molecule has 0 amide bonds. The molecule has 2 aliphatic rings. The number of benzene rings is 1. The van der Waals surface area contributed by atoms with E-state index in [4.69, 9.17) is 9.72 Å². The van der Waals surface area contributed by atoms with Crippen LogP contribution in [0, 0.1) is 0 Å². The number of carbonyl (C=O) groups excluding carboxylic acids is 1. The molecule has 0 unspecified atom stereocenters. The van der Waals surface area contributed by atoms with Crippen LogP contribution in [0.2, 0.25) is 0 Å². The zero-order valence-corrected chi connectivity index (χ0v) is 17.1. The number of hydrogen-bond donors (Lipinski definition) is 0. The molecule has 0 saturated carbocycles. The van der Waals surface area contributed by atoms with E-state index in [0.717, 1.165) is 50.1 Å². The molecule has 1 fully saturated rings. The topological polar surface area (TPSA) is 58.6 Å². The van der Waals surface area contributed by atoms with Crippen molar-refractivity contribution < 1.29 is 9.53 Å². The molecular weight excluding hydrogens is 364 g/mol. The number of Topliss-reactive ketones (excluding diaryl/α,β-unsaturated/α-hetero) is 1. The third-order valence-corrected chi connectivity index (χ3v) is 5.54. The zero-order chi connectivity index (χ0) is 20.2. The Morgan fingerprint density at radius 2 is 1.93 bits per heavy atom. The number of carbonyl (C=O) groups is 1. The Balaban J connectivity index is 1.34. The van der Waals surface area contributed by atoms with Crippen molar-refractivity contribution in [1.29, 1.82) is 0 Å². The van der Waals surface area contributed by atoms with Gasteiger partial charge < -0.3 is 19.3 Å². The van der Waals surface area contributed by atoms with Crippen molar-refractivity contribution in [3.8, 4) is 5.75 Å². The van der Waals surface area contributed by atoms with Crippen LogP contribution in [0.1, 0.15) is 38.2 Å². The van der Waals surface area contributed by atoms with Crippen molar-refractivity contribution in [3.05, 3.63) is 54.2 Å². The van der Waals surface area contributed by atoms with Crippen LogP contribution in [0.5, 0.6) is 5.75 Å². The van der Waals surface area contributed by atoms with Crippen molar-refractivity contribution in [3.63, 3.8) is 0 Å². The Morgan fingerprint density at radius 1 is 1.17 bits per heavy atom. The average molecular weight is 393 g/mol. The molecule has 6 heteroatoms. The van der Waals surface area contributed by atoms with E-state index in [0.29, 0.717) is 6.42 Å². The van der Waals surface area contributed by atoms with Gasteiger partial charge in [0.2, 0.25) is 5.95 Å². The highest BCUT2D eigenvalue weighted by molar-refractivity contribution is 5.76. The lowest BCUT2D eigenvalue weighted by Crippen LogP contribution is -2.27. The average Bonchev–Trinajstić information content (AvgIpc) is 3.40. The van der Waals surface area contributed by atoms with E-state index in [1.54, 1.807) is 6.92 Å². The van der Waals surface area contributed by atoms with E-state index >= 15 is 0 Å². The quantitative estimate of drug-likeness (QED) is 0.671. The molecule has 2 atom stereocenters. The van der Waals surface area contributed by atoms with Crippen molar-refractivity contribution >= 4 is 17.5 Å². The fourth-order valence-electron chi connectivity index (χ4n) is 3.96. The van der Waals surface area contributed by atoms with E-state index in [1.165, 1.54) is 5.56 Å². The van der Waals surface area contributed by atoms with E-state index in [1.807, 2.05) is 24.4 Å². The Kier molecular flexibility index (Phi) is 5.79. The maximum atomic E-state index is 11.3. The van der Waals surface area contributed by atoms with Crippen molar-refractivity contribution in [1.82, 2.24) is 9.97 Å². The molecule has 3 heterocycles. The molecule has 0 spiro atoms. The smallest absolute Gasteiger partial charge is 0.227 e. The third-order valence-electron chi connectivity index (χ3n) is 5.54. The van der Waals surface area contributed by atoms with E-state index in [2.05, 4.69) is 46.0 Å². The SMILES string of the molecule is CC(=O)C[C@@H](C)c1ccc(O[C@@H]2CCN(c3ccnc(N4CC=CC4)n3)C2)cc1. The van der Waals surface area contributed by atoms with Gasteiger partial charge in [-0.05, 0) is 36.6 Å². The number of ether oxygens (including phenoxy) is 1. The summed E-state index contributed by atoms with van der Waals surface area (Å²) >= 11 is 0. The van der Waals surface area contributed by atoms with Crippen LogP contribution in [0.15, 0.2) is 48.7 Å². The summed E-state index contributed by atoms with van der Waals surface area (Å²) in [5.74, 6) is 3.08. The van der Waals surface area contributed by atoms with Gasteiger partial charge in [-0.2, -0.15) is 4.98 Å². The lowest BCUT2D eigenvalue weighted by molar-refractivity contribution is -0.117. The number of hydrogen-bond acceptors (Lipinski definition) is 6. The largest absolute Gasteiger partial charge is 0.489 e. The highest BCUT2D eigenvalue weighted by Gasteiger charge is 2.26. The molecule has 0 bridgehead atoms. The van der Waals surface area contributed by atoms with Gasteiger partial charge in [0.05, 0.1) is 6.54 Å². The molecule has 29 heavy (non-hydrogen) atoms. The summed E-state index contributed by atoms with van der Waals surface area (Å²) in [5.41, 5.74) is 1.17. The number of aromatic nitrogens is 2. The molecule has 6 nitrogen and oxygen atoms in total. The first-order chi connectivity index (χ1) is 14.1. The minimum Gasteiger partial charge on any atom is -0.489 e. The minimum atomic E-state index is 0.141. The van der Waals surface area contributed by atoms with E-state index < -0.39 is 0 Å². The Morgan fingerprint density at radius 3 is 2.66 bits per heavy atom. The standard InChI is InChI=1S/C23H28N4O2/c1-17(15-18(2)28)19-5-7-20(8-6-19)29-21-10-14-27(16-21)22-9-11-24-23(25-22)26-12-3-4-13-26/h3-9,11,17,21H,10,12-16H2,1-2H3/t17-,21-/m1/s1. The van der Waals surface area contributed by atoms with Gasteiger partial charge in [0.1, 0.15) is 23.5 Å². The number of ketones is 1. The van der Waals surface area contributed by atoms with E-state index in [9.17, 15) is 4.79 Å². The van der Waals surface area contributed by atoms with Crippen LogP contribution >= 0.6 is 0 Å². The molecular formula is C23H28N4O2. The molecule has 0 N–H and O–H groups in total. The Hall–Kier alpha value is -2.89. The highest BCUT2D eigenvalue weighted by Crippen LogP contribution is 2.26. The van der Waals surface area contributed by atoms with Gasteiger partial charge in [0.15, 0.2) is 0 Å². The second-order valence-corrected chi connectivity index (χ2v) is 7.94. The lowest BCUT2D eigenvalue weighted by Gasteiger charge is -2.21. The molecule has 1 saturated heterocycles. The molecule has 1 aromatic heterocycles. The van der Waals surface area contributed by atoms with Crippen LogP contribution in [0.3, 0.4) is 0 Å². The van der Waals surface area contributed by atoms with Gasteiger partial charge >= 0.3 is 0 Å². The lowest BCUT2D eigenvalue weighted by atomic mass is 9.96. The summed E-state index contributed by atoms with van der Waals surface area (Å²) in [7, 11) is 0. The van der Waals surface area contributed by atoms with Crippen LogP contribution in [-0.4, -0.2) is 48.0 Å². The van der Waals surface area contributed by atoms with Gasteiger partial charge in [-0.1, -0.05) is 31.2 Å².